The zero-order valence-electron chi connectivity index (χ0n) is 15.8. The van der Waals surface area contributed by atoms with E-state index in [1.165, 1.54) is 32.9 Å². The number of hydrogen-bond acceptors (Lipinski definition) is 1. The number of aryl methyl sites for hydroxylation is 2. The van der Waals surface area contributed by atoms with Crippen LogP contribution in [-0.2, 0) is 13.0 Å². The monoisotopic (exact) mass is 362 g/mol. The number of aromatic nitrogens is 2. The van der Waals surface area contributed by atoms with Crippen molar-refractivity contribution in [2.24, 2.45) is 0 Å². The molecule has 0 aliphatic carbocycles. The Morgan fingerprint density at radius 2 is 1.39 bits per heavy atom. The smallest absolute Gasteiger partial charge is 0.0945 e. The van der Waals surface area contributed by atoms with Crippen molar-refractivity contribution < 1.29 is 0 Å². The first-order valence-electron chi connectivity index (χ1n) is 9.87. The lowest BCUT2D eigenvalue weighted by Gasteiger charge is -2.11. The van der Waals surface area contributed by atoms with Gasteiger partial charge in [0.15, 0.2) is 0 Å². The van der Waals surface area contributed by atoms with E-state index in [0.717, 1.165) is 25.1 Å². The van der Waals surface area contributed by atoms with Crippen molar-refractivity contribution in [3.05, 3.63) is 103 Å². The molecule has 2 nitrogen and oxygen atoms in total. The van der Waals surface area contributed by atoms with Crippen molar-refractivity contribution in [3.8, 4) is 11.3 Å². The molecule has 5 rings (SSSR count). The van der Waals surface area contributed by atoms with E-state index in [9.17, 15) is 0 Å². The average molecular weight is 362 g/mol. The average Bonchev–Trinajstić information content (AvgIpc) is 3.09. The first-order chi connectivity index (χ1) is 13.9. The Balaban J connectivity index is 1.63. The summed E-state index contributed by atoms with van der Waals surface area (Å²) in [7, 11) is 0. The number of hydrogen-bond donors (Lipinski definition) is 0. The number of fused-ring (bicyclic) bond motifs is 3. The molecule has 0 spiro atoms. The highest BCUT2D eigenvalue weighted by Gasteiger charge is 2.15. The molecule has 136 valence electrons. The molecule has 0 amide bonds. The molecule has 0 aliphatic heterocycles. The SMILES string of the molecule is c1ccc(CCCn2c3ccccc3c3ccnc(-c4ccccc4)c32)cc1. The number of para-hydroxylation sites is 1. The Labute approximate surface area is 165 Å². The predicted molar refractivity (Wildman–Crippen MR) is 117 cm³/mol. The van der Waals surface area contributed by atoms with Crippen LogP contribution >= 0.6 is 0 Å². The van der Waals surface area contributed by atoms with Crippen LogP contribution in [0.4, 0.5) is 0 Å². The highest BCUT2D eigenvalue weighted by molar-refractivity contribution is 6.11. The van der Waals surface area contributed by atoms with E-state index in [4.69, 9.17) is 4.98 Å². The quantitative estimate of drug-likeness (QED) is 0.349. The molecule has 0 fully saturated rings. The summed E-state index contributed by atoms with van der Waals surface area (Å²) >= 11 is 0. The molecule has 0 saturated carbocycles. The van der Waals surface area contributed by atoms with Gasteiger partial charge in [-0.2, -0.15) is 0 Å². The third-order valence-corrected chi connectivity index (χ3v) is 5.42. The lowest BCUT2D eigenvalue weighted by molar-refractivity contribution is 0.678. The van der Waals surface area contributed by atoms with Crippen LogP contribution in [0.3, 0.4) is 0 Å². The Morgan fingerprint density at radius 1 is 0.679 bits per heavy atom. The van der Waals surface area contributed by atoms with Gasteiger partial charge in [0.1, 0.15) is 0 Å². The van der Waals surface area contributed by atoms with Crippen LogP contribution in [-0.4, -0.2) is 9.55 Å². The van der Waals surface area contributed by atoms with Crippen molar-refractivity contribution in [1.82, 2.24) is 9.55 Å². The molecule has 5 aromatic rings. The van der Waals surface area contributed by atoms with Gasteiger partial charge in [-0.05, 0) is 30.5 Å². The van der Waals surface area contributed by atoms with E-state index >= 15 is 0 Å². The van der Waals surface area contributed by atoms with Gasteiger partial charge in [0.25, 0.3) is 0 Å². The summed E-state index contributed by atoms with van der Waals surface area (Å²) in [5, 5.41) is 2.58. The van der Waals surface area contributed by atoms with Crippen LogP contribution in [0.5, 0.6) is 0 Å². The number of pyridine rings is 1. The second-order valence-electron chi connectivity index (χ2n) is 7.18. The van der Waals surface area contributed by atoms with Gasteiger partial charge in [0, 0.05) is 34.6 Å². The molecule has 28 heavy (non-hydrogen) atoms. The van der Waals surface area contributed by atoms with Crippen molar-refractivity contribution >= 4 is 21.8 Å². The summed E-state index contributed by atoms with van der Waals surface area (Å²) in [6.45, 7) is 0.977. The Kier molecular flexibility index (Phi) is 4.38. The highest BCUT2D eigenvalue weighted by Crippen LogP contribution is 2.34. The van der Waals surface area contributed by atoms with Crippen molar-refractivity contribution in [2.75, 3.05) is 0 Å². The van der Waals surface area contributed by atoms with Gasteiger partial charge in [-0.3, -0.25) is 4.98 Å². The summed E-state index contributed by atoms with van der Waals surface area (Å²) in [5.74, 6) is 0. The maximum atomic E-state index is 4.78. The topological polar surface area (TPSA) is 17.8 Å². The molecular weight excluding hydrogens is 340 g/mol. The minimum atomic E-state index is 0.977. The first kappa shape index (κ1) is 16.8. The summed E-state index contributed by atoms with van der Waals surface area (Å²) in [4.78, 5) is 4.78. The summed E-state index contributed by atoms with van der Waals surface area (Å²) in [6.07, 6.45) is 4.11. The largest absolute Gasteiger partial charge is 0.339 e. The lowest BCUT2D eigenvalue weighted by Crippen LogP contribution is -2.01. The van der Waals surface area contributed by atoms with E-state index in [2.05, 4.69) is 95.6 Å². The maximum absolute atomic E-state index is 4.78. The third kappa shape index (κ3) is 2.97. The normalized spacial score (nSPS) is 11.3. The molecule has 2 heteroatoms. The zero-order valence-corrected chi connectivity index (χ0v) is 15.8. The van der Waals surface area contributed by atoms with E-state index in [0.29, 0.717) is 0 Å². The summed E-state index contributed by atoms with van der Waals surface area (Å²) in [5.41, 5.74) is 6.15. The van der Waals surface area contributed by atoms with Crippen LogP contribution < -0.4 is 0 Å². The van der Waals surface area contributed by atoms with Crippen molar-refractivity contribution in [3.63, 3.8) is 0 Å². The van der Waals surface area contributed by atoms with Crippen LogP contribution in [0, 0.1) is 0 Å². The minimum Gasteiger partial charge on any atom is -0.339 e. The van der Waals surface area contributed by atoms with E-state index in [-0.39, 0.29) is 0 Å². The number of nitrogens with zero attached hydrogens (tertiary/aromatic N) is 2. The van der Waals surface area contributed by atoms with Gasteiger partial charge >= 0.3 is 0 Å². The molecule has 0 unspecified atom stereocenters. The number of rotatable bonds is 5. The highest BCUT2D eigenvalue weighted by atomic mass is 15.0. The standard InChI is InChI=1S/C26H22N2/c1-3-10-20(11-4-1)12-9-19-28-24-16-8-7-15-22(24)23-17-18-27-25(26(23)28)21-13-5-2-6-14-21/h1-8,10-11,13-18H,9,12,19H2. The van der Waals surface area contributed by atoms with Crippen LogP contribution in [0.2, 0.25) is 0 Å². The fourth-order valence-corrected chi connectivity index (χ4v) is 4.13. The Bertz CT molecular complexity index is 1220. The van der Waals surface area contributed by atoms with Gasteiger partial charge in [-0.1, -0.05) is 78.9 Å². The van der Waals surface area contributed by atoms with Crippen LogP contribution in [0.25, 0.3) is 33.1 Å². The molecule has 0 aliphatic rings. The molecule has 0 saturated heterocycles. The van der Waals surface area contributed by atoms with Crippen molar-refractivity contribution in [1.29, 1.82) is 0 Å². The van der Waals surface area contributed by atoms with Crippen LogP contribution in [0.1, 0.15) is 12.0 Å². The van der Waals surface area contributed by atoms with Crippen molar-refractivity contribution in [2.45, 2.75) is 19.4 Å². The van der Waals surface area contributed by atoms with E-state index in [1.54, 1.807) is 0 Å². The Morgan fingerprint density at radius 3 is 2.21 bits per heavy atom. The fraction of sp³-hybridized carbons (Fsp3) is 0.115. The maximum Gasteiger partial charge on any atom is 0.0945 e. The Hall–Kier alpha value is -3.39. The zero-order chi connectivity index (χ0) is 18.8. The number of benzene rings is 3. The molecule has 3 aromatic carbocycles. The van der Waals surface area contributed by atoms with Gasteiger partial charge in [0.2, 0.25) is 0 Å². The minimum absolute atomic E-state index is 0.977. The summed E-state index contributed by atoms with van der Waals surface area (Å²) < 4.78 is 2.46. The molecular formula is C26H22N2. The molecule has 0 atom stereocenters. The second-order valence-corrected chi connectivity index (χ2v) is 7.18. The van der Waals surface area contributed by atoms with E-state index in [1.807, 2.05) is 6.20 Å². The van der Waals surface area contributed by atoms with Crippen LogP contribution in [0.15, 0.2) is 97.2 Å². The second kappa shape index (κ2) is 7.32. The molecule has 2 heterocycles. The molecule has 0 bridgehead atoms. The molecule has 2 aromatic heterocycles. The molecule has 0 radical (unpaired) electrons. The molecule has 0 N–H and O–H groups in total. The fourth-order valence-electron chi connectivity index (χ4n) is 4.13. The van der Waals surface area contributed by atoms with Gasteiger partial charge in [-0.25, -0.2) is 0 Å². The third-order valence-electron chi connectivity index (χ3n) is 5.42. The lowest BCUT2D eigenvalue weighted by atomic mass is 10.1. The van der Waals surface area contributed by atoms with Gasteiger partial charge in [-0.15, -0.1) is 0 Å². The van der Waals surface area contributed by atoms with E-state index < -0.39 is 0 Å². The first-order valence-corrected chi connectivity index (χ1v) is 9.87. The van der Waals surface area contributed by atoms with Gasteiger partial charge in [0.05, 0.1) is 11.2 Å². The van der Waals surface area contributed by atoms with Gasteiger partial charge < -0.3 is 4.57 Å². The summed E-state index contributed by atoms with van der Waals surface area (Å²) in [6, 6.07) is 32.1. The predicted octanol–water partition coefficient (Wildman–Crippen LogP) is 6.49.